The summed E-state index contributed by atoms with van der Waals surface area (Å²) in [6.45, 7) is 2.34. The molecule has 1 atom stereocenters. The summed E-state index contributed by atoms with van der Waals surface area (Å²) in [5.74, 6) is 2.38. The predicted molar refractivity (Wildman–Crippen MR) is 104 cm³/mol. The maximum atomic E-state index is 13.0. The first kappa shape index (κ1) is 17.2. The number of piperidine rings is 1. The maximum Gasteiger partial charge on any atom is 0.227 e. The van der Waals surface area contributed by atoms with Gasteiger partial charge in [-0.1, -0.05) is 30.3 Å². The Labute approximate surface area is 163 Å². The molecule has 4 heterocycles. The molecule has 1 aromatic carbocycles. The van der Waals surface area contributed by atoms with E-state index in [9.17, 15) is 4.79 Å². The van der Waals surface area contributed by atoms with Crippen LogP contribution in [0.25, 0.3) is 11.4 Å². The highest BCUT2D eigenvalue weighted by molar-refractivity contribution is 5.79. The third-order valence-electron chi connectivity index (χ3n) is 6.04. The van der Waals surface area contributed by atoms with Crippen molar-refractivity contribution in [3.05, 3.63) is 54.4 Å². The fraction of sp³-hybridized carbons (Fsp3) is 0.429. The molecule has 28 heavy (non-hydrogen) atoms. The standard InChI is InChI=1S/C21H24N6O/c28-21(17-6-7-18-12-22-14-27(18)13-17)26-10-8-16(9-11-26)20-23-19(24-25-20)15-4-2-1-3-5-15/h1-5,12,14,16-17H,6-11,13H2,(H,23,24,25)/t17-/m0/s1. The number of carbonyl (C=O) groups excluding carboxylic acids is 1. The van der Waals surface area contributed by atoms with E-state index in [-0.39, 0.29) is 5.92 Å². The van der Waals surface area contributed by atoms with Crippen molar-refractivity contribution >= 4 is 5.91 Å². The van der Waals surface area contributed by atoms with E-state index >= 15 is 0 Å². The second-order valence-electron chi connectivity index (χ2n) is 7.78. The topological polar surface area (TPSA) is 79.7 Å². The number of nitrogens with zero attached hydrogens (tertiary/aromatic N) is 5. The van der Waals surface area contributed by atoms with Crippen molar-refractivity contribution in [2.24, 2.45) is 5.92 Å². The highest BCUT2D eigenvalue weighted by atomic mass is 16.2. The van der Waals surface area contributed by atoms with Gasteiger partial charge in [0, 0.05) is 43.0 Å². The summed E-state index contributed by atoms with van der Waals surface area (Å²) in [4.78, 5) is 23.9. The van der Waals surface area contributed by atoms with Gasteiger partial charge in [-0.2, -0.15) is 5.10 Å². The van der Waals surface area contributed by atoms with Gasteiger partial charge in [0.1, 0.15) is 5.82 Å². The van der Waals surface area contributed by atoms with Gasteiger partial charge in [0.15, 0.2) is 5.82 Å². The van der Waals surface area contributed by atoms with Gasteiger partial charge in [-0.15, -0.1) is 0 Å². The maximum absolute atomic E-state index is 13.0. The van der Waals surface area contributed by atoms with Crippen molar-refractivity contribution in [3.63, 3.8) is 0 Å². The Hall–Kier alpha value is -2.96. The Bertz CT molecular complexity index is 954. The smallest absolute Gasteiger partial charge is 0.227 e. The van der Waals surface area contributed by atoms with Crippen LogP contribution >= 0.6 is 0 Å². The van der Waals surface area contributed by atoms with Gasteiger partial charge < -0.3 is 9.47 Å². The molecule has 2 aliphatic rings. The van der Waals surface area contributed by atoms with E-state index in [0.717, 1.165) is 62.5 Å². The molecule has 0 bridgehead atoms. The van der Waals surface area contributed by atoms with E-state index in [1.807, 2.05) is 47.8 Å². The number of hydrogen-bond donors (Lipinski definition) is 1. The van der Waals surface area contributed by atoms with Crippen molar-refractivity contribution in [2.45, 2.75) is 38.1 Å². The van der Waals surface area contributed by atoms with Gasteiger partial charge in [0.2, 0.25) is 5.91 Å². The highest BCUT2D eigenvalue weighted by Crippen LogP contribution is 2.29. The van der Waals surface area contributed by atoms with E-state index in [0.29, 0.717) is 11.8 Å². The normalized spacial score (nSPS) is 20.1. The zero-order valence-corrected chi connectivity index (χ0v) is 15.8. The highest BCUT2D eigenvalue weighted by Gasteiger charge is 2.32. The summed E-state index contributed by atoms with van der Waals surface area (Å²) in [5, 5.41) is 7.49. The molecule has 144 valence electrons. The quantitative estimate of drug-likeness (QED) is 0.762. The van der Waals surface area contributed by atoms with E-state index < -0.39 is 0 Å². The number of aryl methyl sites for hydroxylation is 1. The number of amides is 1. The molecule has 0 unspecified atom stereocenters. The molecule has 7 heteroatoms. The molecule has 1 fully saturated rings. The van der Waals surface area contributed by atoms with Gasteiger partial charge in [0.05, 0.1) is 12.2 Å². The van der Waals surface area contributed by atoms with Crippen LogP contribution in [-0.4, -0.2) is 48.6 Å². The van der Waals surface area contributed by atoms with Gasteiger partial charge in [-0.05, 0) is 25.7 Å². The molecule has 0 saturated carbocycles. The van der Waals surface area contributed by atoms with Crippen molar-refractivity contribution in [2.75, 3.05) is 13.1 Å². The zero-order chi connectivity index (χ0) is 18.9. The summed E-state index contributed by atoms with van der Waals surface area (Å²) in [7, 11) is 0. The first-order chi connectivity index (χ1) is 13.8. The molecule has 2 aromatic heterocycles. The Morgan fingerprint density at radius 3 is 2.75 bits per heavy atom. The molecule has 5 rings (SSSR count). The number of aromatic nitrogens is 5. The van der Waals surface area contributed by atoms with Gasteiger partial charge in [0.25, 0.3) is 0 Å². The monoisotopic (exact) mass is 376 g/mol. The van der Waals surface area contributed by atoms with Crippen LogP contribution in [0.15, 0.2) is 42.9 Å². The lowest BCUT2D eigenvalue weighted by molar-refractivity contribution is -0.137. The third kappa shape index (κ3) is 3.21. The first-order valence-electron chi connectivity index (χ1n) is 10.0. The van der Waals surface area contributed by atoms with E-state index in [1.54, 1.807) is 0 Å². The van der Waals surface area contributed by atoms with E-state index in [1.165, 1.54) is 5.69 Å². The molecular weight excluding hydrogens is 352 g/mol. The third-order valence-corrected chi connectivity index (χ3v) is 6.04. The fourth-order valence-corrected chi connectivity index (χ4v) is 4.38. The molecule has 0 spiro atoms. The summed E-state index contributed by atoms with van der Waals surface area (Å²) in [5.41, 5.74) is 2.26. The molecule has 1 amide bonds. The van der Waals surface area contributed by atoms with Gasteiger partial charge >= 0.3 is 0 Å². The molecule has 3 aromatic rings. The lowest BCUT2D eigenvalue weighted by Gasteiger charge is -2.34. The average molecular weight is 376 g/mol. The first-order valence-corrected chi connectivity index (χ1v) is 10.0. The van der Waals surface area contributed by atoms with Crippen LogP contribution in [0.2, 0.25) is 0 Å². The van der Waals surface area contributed by atoms with Crippen molar-refractivity contribution in [1.29, 1.82) is 0 Å². The zero-order valence-electron chi connectivity index (χ0n) is 15.8. The number of nitrogens with one attached hydrogen (secondary N) is 1. The SMILES string of the molecule is O=C([C@H]1CCc2cncn2C1)N1CCC(c2nc(-c3ccccc3)n[nH]2)CC1. The minimum absolute atomic E-state index is 0.0770. The minimum Gasteiger partial charge on any atom is -0.342 e. The fourth-order valence-electron chi connectivity index (χ4n) is 4.38. The number of H-pyrrole nitrogens is 1. The minimum atomic E-state index is 0.0770. The second kappa shape index (κ2) is 7.22. The van der Waals surface area contributed by atoms with Crippen molar-refractivity contribution in [1.82, 2.24) is 29.6 Å². The lowest BCUT2D eigenvalue weighted by atomic mass is 9.92. The number of hydrogen-bond acceptors (Lipinski definition) is 4. The Balaban J connectivity index is 1.20. The predicted octanol–water partition coefficient (Wildman–Crippen LogP) is 2.64. The van der Waals surface area contributed by atoms with E-state index in [2.05, 4.69) is 19.7 Å². The van der Waals surface area contributed by atoms with Crippen molar-refractivity contribution < 1.29 is 4.79 Å². The number of imidazole rings is 1. The van der Waals surface area contributed by atoms with Gasteiger partial charge in [-0.25, -0.2) is 9.97 Å². The summed E-state index contributed by atoms with van der Waals surface area (Å²) in [6.07, 6.45) is 7.47. The molecule has 2 aliphatic heterocycles. The van der Waals surface area contributed by atoms with Crippen LogP contribution < -0.4 is 0 Å². The molecule has 1 N–H and O–H groups in total. The molecule has 0 radical (unpaired) electrons. The second-order valence-corrected chi connectivity index (χ2v) is 7.78. The van der Waals surface area contributed by atoms with E-state index in [4.69, 9.17) is 4.98 Å². The van der Waals surface area contributed by atoms with Gasteiger partial charge in [-0.3, -0.25) is 9.89 Å². The number of aromatic amines is 1. The average Bonchev–Trinajstić information content (AvgIpc) is 3.43. The molecule has 1 saturated heterocycles. The number of likely N-dealkylation sites (tertiary alicyclic amines) is 1. The van der Waals surface area contributed by atoms with Crippen LogP contribution in [0.1, 0.15) is 36.7 Å². The van der Waals surface area contributed by atoms with Crippen molar-refractivity contribution in [3.8, 4) is 11.4 Å². The van der Waals surface area contributed by atoms with Crippen LogP contribution in [0.4, 0.5) is 0 Å². The molecule has 0 aliphatic carbocycles. The lowest BCUT2D eigenvalue weighted by Crippen LogP contribution is -2.43. The van der Waals surface area contributed by atoms with Crippen LogP contribution in [-0.2, 0) is 17.8 Å². The number of benzene rings is 1. The number of carbonyl (C=O) groups is 1. The summed E-state index contributed by atoms with van der Waals surface area (Å²) >= 11 is 0. The molecular formula is C21H24N6O. The largest absolute Gasteiger partial charge is 0.342 e. The summed E-state index contributed by atoms with van der Waals surface area (Å²) < 4.78 is 2.12. The Morgan fingerprint density at radius 2 is 1.93 bits per heavy atom. The van der Waals surface area contributed by atoms with Crippen LogP contribution in [0, 0.1) is 5.92 Å². The molecule has 7 nitrogen and oxygen atoms in total. The number of fused-ring (bicyclic) bond motifs is 1. The van der Waals surface area contributed by atoms with Crippen LogP contribution in [0.5, 0.6) is 0 Å². The summed E-state index contributed by atoms with van der Waals surface area (Å²) in [6, 6.07) is 10.0. The van der Waals surface area contributed by atoms with Crippen LogP contribution in [0.3, 0.4) is 0 Å². The Kier molecular flexibility index (Phi) is 4.43. The number of rotatable bonds is 3. The Morgan fingerprint density at radius 1 is 1.11 bits per heavy atom.